The van der Waals surface area contributed by atoms with Crippen LogP contribution >= 0.6 is 0 Å². The smallest absolute Gasteiger partial charge is 0.232 e. The zero-order chi connectivity index (χ0) is 22.2. The number of carbonyl (C=O) groups is 1. The Kier molecular flexibility index (Phi) is 5.49. The van der Waals surface area contributed by atoms with Crippen molar-refractivity contribution in [3.05, 3.63) is 53.7 Å². The molecule has 3 aromatic rings. The molecule has 32 heavy (non-hydrogen) atoms. The van der Waals surface area contributed by atoms with E-state index in [0.29, 0.717) is 12.1 Å². The van der Waals surface area contributed by atoms with E-state index < -0.39 is 0 Å². The molecule has 1 saturated heterocycles. The highest BCUT2D eigenvalue weighted by Gasteiger charge is 2.30. The topological polar surface area (TPSA) is 71.8 Å². The number of benzene rings is 1. The first-order valence-electron chi connectivity index (χ1n) is 11.7. The highest BCUT2D eigenvalue weighted by atomic mass is 16.5. The minimum absolute atomic E-state index is 0.00377. The first-order valence-corrected chi connectivity index (χ1v) is 11.7. The lowest BCUT2D eigenvalue weighted by atomic mass is 9.85. The van der Waals surface area contributed by atoms with Gasteiger partial charge in [0.05, 0.1) is 12.2 Å². The van der Waals surface area contributed by atoms with Gasteiger partial charge in [0, 0.05) is 19.0 Å². The third-order valence-electron chi connectivity index (χ3n) is 6.87. The van der Waals surface area contributed by atoms with Gasteiger partial charge in [0.25, 0.3) is 0 Å². The van der Waals surface area contributed by atoms with Crippen molar-refractivity contribution in [3.63, 3.8) is 0 Å². The fourth-order valence-electron chi connectivity index (χ4n) is 5.35. The molecule has 0 bridgehead atoms. The Bertz CT molecular complexity index is 1120. The van der Waals surface area contributed by atoms with Gasteiger partial charge in [-0.15, -0.1) is 10.2 Å². The molecule has 1 N–H and O–H groups in total. The summed E-state index contributed by atoms with van der Waals surface area (Å²) in [4.78, 5) is 14.0. The number of amides is 1. The van der Waals surface area contributed by atoms with Crippen molar-refractivity contribution < 1.29 is 9.53 Å². The normalized spacial score (nSPS) is 25.4. The SMILES string of the molecule is CC(=O)N[C@H]1CC[C@@H](Oc2ccc3nnc(N4[C@H](C)CCC[C@@H]4C)n3c2)c2ccccc21. The summed E-state index contributed by atoms with van der Waals surface area (Å²) in [6, 6.07) is 13.1. The van der Waals surface area contributed by atoms with Crippen LogP contribution in [0.25, 0.3) is 5.65 Å². The first kappa shape index (κ1) is 20.8. The lowest BCUT2D eigenvalue weighted by molar-refractivity contribution is -0.119. The molecule has 0 unspecified atom stereocenters. The Morgan fingerprint density at radius 3 is 2.50 bits per heavy atom. The standard InChI is InChI=1S/C25H31N5O2/c1-16-7-6-8-17(2)30(16)25-28-27-24-14-11-19(15-29(24)25)32-23-13-12-22(26-18(3)31)20-9-4-5-10-21(20)23/h4-5,9-11,14-17,22-23H,6-8,12-13H2,1-3H3,(H,26,31)/t16-,17+,22-,23+/m0/s1. The van der Waals surface area contributed by atoms with Gasteiger partial charge in [0.15, 0.2) is 5.65 Å². The van der Waals surface area contributed by atoms with Gasteiger partial charge in [0.2, 0.25) is 11.9 Å². The third-order valence-corrected chi connectivity index (χ3v) is 6.87. The van der Waals surface area contributed by atoms with Crippen LogP contribution in [0.2, 0.25) is 0 Å². The number of nitrogens with one attached hydrogen (secondary N) is 1. The molecule has 0 spiro atoms. The van der Waals surface area contributed by atoms with Gasteiger partial charge in [-0.3, -0.25) is 9.20 Å². The van der Waals surface area contributed by atoms with E-state index in [0.717, 1.165) is 41.3 Å². The molecule has 7 nitrogen and oxygen atoms in total. The molecule has 1 aliphatic carbocycles. The quantitative estimate of drug-likeness (QED) is 0.652. The van der Waals surface area contributed by atoms with Crippen LogP contribution in [-0.4, -0.2) is 32.6 Å². The molecule has 1 aromatic carbocycles. The van der Waals surface area contributed by atoms with Crippen molar-refractivity contribution in [2.45, 2.75) is 77.1 Å². The van der Waals surface area contributed by atoms with Gasteiger partial charge in [-0.05, 0) is 69.2 Å². The van der Waals surface area contributed by atoms with Crippen LogP contribution in [0.1, 0.15) is 76.1 Å². The molecule has 0 radical (unpaired) electrons. The molecular weight excluding hydrogens is 402 g/mol. The van der Waals surface area contributed by atoms with E-state index in [9.17, 15) is 4.79 Å². The number of anilines is 1. The fourth-order valence-corrected chi connectivity index (χ4v) is 5.35. The maximum Gasteiger partial charge on any atom is 0.232 e. The highest BCUT2D eigenvalue weighted by Crippen LogP contribution is 2.39. The number of aromatic nitrogens is 3. The monoisotopic (exact) mass is 433 g/mol. The van der Waals surface area contributed by atoms with Crippen LogP contribution in [0.15, 0.2) is 42.6 Å². The van der Waals surface area contributed by atoms with E-state index in [-0.39, 0.29) is 18.1 Å². The van der Waals surface area contributed by atoms with Crippen molar-refractivity contribution in [3.8, 4) is 5.75 Å². The molecule has 1 fully saturated rings. The summed E-state index contributed by atoms with van der Waals surface area (Å²) >= 11 is 0. The summed E-state index contributed by atoms with van der Waals surface area (Å²) < 4.78 is 8.56. The average molecular weight is 434 g/mol. The van der Waals surface area contributed by atoms with Gasteiger partial charge >= 0.3 is 0 Å². The Morgan fingerprint density at radius 1 is 1.00 bits per heavy atom. The van der Waals surface area contributed by atoms with Gasteiger partial charge in [0.1, 0.15) is 11.9 Å². The second kappa shape index (κ2) is 8.45. The van der Waals surface area contributed by atoms with E-state index in [4.69, 9.17) is 4.74 Å². The number of ether oxygens (including phenoxy) is 1. The largest absolute Gasteiger partial charge is 0.484 e. The van der Waals surface area contributed by atoms with Crippen LogP contribution in [0.5, 0.6) is 5.75 Å². The lowest BCUT2D eigenvalue weighted by Crippen LogP contribution is -2.44. The molecular formula is C25H31N5O2. The fraction of sp³-hybridized carbons (Fsp3) is 0.480. The van der Waals surface area contributed by atoms with Crippen LogP contribution in [0.4, 0.5) is 5.95 Å². The summed E-state index contributed by atoms with van der Waals surface area (Å²) in [7, 11) is 0. The summed E-state index contributed by atoms with van der Waals surface area (Å²) in [6.45, 7) is 6.10. The number of nitrogens with zero attached hydrogens (tertiary/aromatic N) is 4. The number of fused-ring (bicyclic) bond motifs is 2. The lowest BCUT2D eigenvalue weighted by Gasteiger charge is -2.39. The third kappa shape index (κ3) is 3.80. The molecule has 7 heteroatoms. The molecule has 2 aromatic heterocycles. The summed E-state index contributed by atoms with van der Waals surface area (Å²) in [6.07, 6.45) is 7.25. The molecule has 5 rings (SSSR count). The van der Waals surface area contributed by atoms with Crippen LogP contribution in [0.3, 0.4) is 0 Å². The summed E-state index contributed by atoms with van der Waals surface area (Å²) in [5, 5.41) is 12.0. The minimum Gasteiger partial charge on any atom is -0.484 e. The molecule has 4 atom stereocenters. The maximum absolute atomic E-state index is 11.6. The number of rotatable bonds is 4. The van der Waals surface area contributed by atoms with Gasteiger partial charge < -0.3 is 15.0 Å². The molecule has 0 saturated carbocycles. The number of carbonyl (C=O) groups excluding carboxylic acids is 1. The first-order chi connectivity index (χ1) is 15.5. The van der Waals surface area contributed by atoms with E-state index in [1.54, 1.807) is 6.92 Å². The van der Waals surface area contributed by atoms with Crippen molar-refractivity contribution >= 4 is 17.5 Å². The van der Waals surface area contributed by atoms with Crippen molar-refractivity contribution in [1.29, 1.82) is 0 Å². The number of hydrogen-bond donors (Lipinski definition) is 1. The zero-order valence-corrected chi connectivity index (χ0v) is 19.0. The predicted octanol–water partition coefficient (Wildman–Crippen LogP) is 4.59. The average Bonchev–Trinajstić information content (AvgIpc) is 3.18. The minimum atomic E-state index is -0.0542. The van der Waals surface area contributed by atoms with Gasteiger partial charge in [-0.25, -0.2) is 0 Å². The van der Waals surface area contributed by atoms with Crippen LogP contribution in [0, 0.1) is 0 Å². The second-order valence-electron chi connectivity index (χ2n) is 9.20. The van der Waals surface area contributed by atoms with Crippen molar-refractivity contribution in [2.75, 3.05) is 4.90 Å². The second-order valence-corrected chi connectivity index (χ2v) is 9.20. The summed E-state index contributed by atoms with van der Waals surface area (Å²) in [5.74, 6) is 1.68. The molecule has 3 heterocycles. The Balaban J connectivity index is 1.44. The molecule has 168 valence electrons. The van der Waals surface area contributed by atoms with Crippen molar-refractivity contribution in [1.82, 2.24) is 19.9 Å². The van der Waals surface area contributed by atoms with E-state index in [1.165, 1.54) is 19.3 Å². The van der Waals surface area contributed by atoms with E-state index >= 15 is 0 Å². The van der Waals surface area contributed by atoms with Crippen molar-refractivity contribution in [2.24, 2.45) is 0 Å². The number of piperidine rings is 1. The molecule has 1 amide bonds. The van der Waals surface area contributed by atoms with Crippen LogP contribution in [-0.2, 0) is 4.79 Å². The molecule has 1 aliphatic heterocycles. The Morgan fingerprint density at radius 2 is 1.75 bits per heavy atom. The number of hydrogen-bond acceptors (Lipinski definition) is 5. The predicted molar refractivity (Wildman–Crippen MR) is 124 cm³/mol. The maximum atomic E-state index is 11.6. The van der Waals surface area contributed by atoms with E-state index in [2.05, 4.69) is 50.8 Å². The number of pyridine rings is 1. The van der Waals surface area contributed by atoms with Gasteiger partial charge in [-0.2, -0.15) is 0 Å². The van der Waals surface area contributed by atoms with Crippen LogP contribution < -0.4 is 15.0 Å². The zero-order valence-electron chi connectivity index (χ0n) is 19.0. The molecule has 2 aliphatic rings. The van der Waals surface area contributed by atoms with Gasteiger partial charge in [-0.1, -0.05) is 24.3 Å². The highest BCUT2D eigenvalue weighted by molar-refractivity contribution is 5.73. The Labute approximate surface area is 188 Å². The summed E-state index contributed by atoms with van der Waals surface area (Å²) in [5.41, 5.74) is 3.10. The van der Waals surface area contributed by atoms with E-state index in [1.807, 2.05) is 30.5 Å². The Hall–Kier alpha value is -3.09.